The number of hydrogen-bond acceptors (Lipinski definition) is 6. The van der Waals surface area contributed by atoms with E-state index in [0.717, 1.165) is 25.7 Å². The average Bonchev–Trinajstić information content (AvgIpc) is 2.87. The Morgan fingerprint density at radius 3 is 2.13 bits per heavy atom. The molecule has 9 heteroatoms. The Hall–Kier alpha value is -3.75. The zero-order chi connectivity index (χ0) is 29.0. The van der Waals surface area contributed by atoms with Crippen LogP contribution in [-0.2, 0) is 14.3 Å². The smallest absolute Gasteiger partial charge is 0.408 e. The normalized spacial score (nSPS) is 12.7. The van der Waals surface area contributed by atoms with E-state index in [0.29, 0.717) is 30.0 Å². The molecular formula is C30H43N3O6. The van der Waals surface area contributed by atoms with E-state index in [1.54, 1.807) is 71.2 Å². The third-order valence-electron chi connectivity index (χ3n) is 6.02. The van der Waals surface area contributed by atoms with E-state index in [2.05, 4.69) is 17.6 Å². The zero-order valence-corrected chi connectivity index (χ0v) is 24.0. The van der Waals surface area contributed by atoms with Crippen LogP contribution in [0, 0.1) is 0 Å². The second-order valence-electron chi connectivity index (χ2n) is 10.5. The largest absolute Gasteiger partial charge is 0.508 e. The fraction of sp³-hybridized carbons (Fsp3) is 0.500. The minimum Gasteiger partial charge on any atom is -0.508 e. The van der Waals surface area contributed by atoms with Gasteiger partial charge in [-0.1, -0.05) is 44.7 Å². The Balaban J connectivity index is 2.39. The Morgan fingerprint density at radius 1 is 0.949 bits per heavy atom. The van der Waals surface area contributed by atoms with Crippen molar-refractivity contribution in [3.63, 3.8) is 0 Å². The predicted molar refractivity (Wildman–Crippen MR) is 152 cm³/mol. The van der Waals surface area contributed by atoms with Gasteiger partial charge in [0.2, 0.25) is 5.91 Å². The van der Waals surface area contributed by atoms with Gasteiger partial charge >= 0.3 is 6.09 Å². The van der Waals surface area contributed by atoms with Gasteiger partial charge in [-0.2, -0.15) is 0 Å². The van der Waals surface area contributed by atoms with Crippen molar-refractivity contribution in [2.45, 2.75) is 84.4 Å². The maximum atomic E-state index is 13.8. The van der Waals surface area contributed by atoms with Gasteiger partial charge < -0.3 is 30.1 Å². The van der Waals surface area contributed by atoms with Gasteiger partial charge in [-0.15, -0.1) is 0 Å². The lowest BCUT2D eigenvalue weighted by Crippen LogP contribution is -2.51. The number of ether oxygens (including phenoxy) is 2. The number of aromatic hydroxyl groups is 1. The first kappa shape index (κ1) is 31.5. The number of anilines is 1. The number of phenols is 1. The second kappa shape index (κ2) is 15.0. The van der Waals surface area contributed by atoms with Crippen molar-refractivity contribution in [3.8, 4) is 11.5 Å². The molecule has 0 aliphatic rings. The lowest BCUT2D eigenvalue weighted by molar-refractivity contribution is -0.140. The molecule has 3 amide bonds. The summed E-state index contributed by atoms with van der Waals surface area (Å²) in [6.45, 7) is 9.24. The van der Waals surface area contributed by atoms with E-state index in [1.807, 2.05) is 0 Å². The number of rotatable bonds is 13. The Bertz CT molecular complexity index is 1060. The van der Waals surface area contributed by atoms with Crippen LogP contribution in [0.5, 0.6) is 11.5 Å². The summed E-state index contributed by atoms with van der Waals surface area (Å²) in [6, 6.07) is 11.2. The highest BCUT2D eigenvalue weighted by Crippen LogP contribution is 2.27. The molecule has 2 atom stereocenters. The molecule has 0 spiro atoms. The number of phenolic OH excluding ortho intramolecular Hbond substituents is 1. The molecule has 39 heavy (non-hydrogen) atoms. The summed E-state index contributed by atoms with van der Waals surface area (Å²) in [7, 11) is 1.56. The van der Waals surface area contributed by atoms with Crippen LogP contribution in [0.1, 0.15) is 78.3 Å². The summed E-state index contributed by atoms with van der Waals surface area (Å²) in [5, 5.41) is 15.4. The van der Waals surface area contributed by atoms with Gasteiger partial charge in [-0.05, 0) is 76.1 Å². The topological polar surface area (TPSA) is 117 Å². The molecule has 0 fully saturated rings. The van der Waals surface area contributed by atoms with Crippen LogP contribution in [0.25, 0.3) is 0 Å². The molecule has 0 aliphatic heterocycles. The molecule has 2 aromatic carbocycles. The van der Waals surface area contributed by atoms with Crippen molar-refractivity contribution in [3.05, 3.63) is 54.1 Å². The first-order valence-electron chi connectivity index (χ1n) is 13.5. The first-order valence-corrected chi connectivity index (χ1v) is 13.5. The van der Waals surface area contributed by atoms with Crippen molar-refractivity contribution in [2.75, 3.05) is 19.0 Å². The number of amides is 3. The molecular weight excluding hydrogens is 498 g/mol. The number of carbonyl (C=O) groups is 3. The van der Waals surface area contributed by atoms with Crippen molar-refractivity contribution in [2.24, 2.45) is 0 Å². The highest BCUT2D eigenvalue weighted by molar-refractivity contribution is 5.99. The molecule has 0 aliphatic carbocycles. The van der Waals surface area contributed by atoms with Crippen LogP contribution in [0.15, 0.2) is 48.5 Å². The molecule has 2 rings (SSSR count). The van der Waals surface area contributed by atoms with Crippen LogP contribution < -0.4 is 15.4 Å². The molecule has 0 aromatic heterocycles. The molecule has 2 aromatic rings. The maximum Gasteiger partial charge on any atom is 0.408 e. The summed E-state index contributed by atoms with van der Waals surface area (Å²) in [4.78, 5) is 41.5. The van der Waals surface area contributed by atoms with Crippen LogP contribution in [0.2, 0.25) is 0 Å². The standard InChI is InChI=1S/C30H43N3O6/c1-7-8-9-10-11-20-33(28(36)21(2)31-29(37)39-30(3,4)5)26(22-12-16-24(34)17-13-22)27(35)32-23-14-18-25(38-6)19-15-23/h12-19,21,26,34H,7-11,20H2,1-6H3,(H,31,37)(H,32,35). The quantitative estimate of drug-likeness (QED) is 0.276. The Labute approximate surface area is 231 Å². The van der Waals surface area contributed by atoms with Gasteiger partial charge in [0.15, 0.2) is 0 Å². The van der Waals surface area contributed by atoms with Crippen molar-refractivity contribution >= 4 is 23.6 Å². The molecule has 3 N–H and O–H groups in total. The third-order valence-corrected chi connectivity index (χ3v) is 6.02. The van der Waals surface area contributed by atoms with Gasteiger partial charge in [-0.25, -0.2) is 4.79 Å². The Kier molecular flexibility index (Phi) is 12.1. The van der Waals surface area contributed by atoms with Crippen molar-refractivity contribution in [1.82, 2.24) is 10.2 Å². The molecule has 0 heterocycles. The molecule has 0 bridgehead atoms. The van der Waals surface area contributed by atoms with E-state index in [9.17, 15) is 19.5 Å². The third kappa shape index (κ3) is 10.5. The van der Waals surface area contributed by atoms with E-state index in [-0.39, 0.29) is 5.75 Å². The number of carbonyl (C=O) groups excluding carboxylic acids is 3. The van der Waals surface area contributed by atoms with Crippen LogP contribution >= 0.6 is 0 Å². The van der Waals surface area contributed by atoms with E-state index in [4.69, 9.17) is 9.47 Å². The maximum absolute atomic E-state index is 13.8. The highest BCUT2D eigenvalue weighted by atomic mass is 16.6. The van der Waals surface area contributed by atoms with Crippen molar-refractivity contribution in [1.29, 1.82) is 0 Å². The van der Waals surface area contributed by atoms with Gasteiger partial charge in [-0.3, -0.25) is 9.59 Å². The highest BCUT2D eigenvalue weighted by Gasteiger charge is 2.34. The van der Waals surface area contributed by atoms with Crippen LogP contribution in [0.3, 0.4) is 0 Å². The minimum atomic E-state index is -1.01. The summed E-state index contributed by atoms with van der Waals surface area (Å²) in [6.07, 6.45) is 4.06. The summed E-state index contributed by atoms with van der Waals surface area (Å²) < 4.78 is 10.5. The fourth-order valence-electron chi connectivity index (χ4n) is 4.06. The fourth-order valence-corrected chi connectivity index (χ4v) is 4.06. The van der Waals surface area contributed by atoms with E-state index in [1.165, 1.54) is 17.0 Å². The predicted octanol–water partition coefficient (Wildman–Crippen LogP) is 5.79. The Morgan fingerprint density at radius 2 is 1.56 bits per heavy atom. The molecule has 214 valence electrons. The van der Waals surface area contributed by atoms with Gasteiger partial charge in [0.1, 0.15) is 29.2 Å². The SMILES string of the molecule is CCCCCCCN(C(=O)C(C)NC(=O)OC(C)(C)C)C(C(=O)Nc1ccc(OC)cc1)c1ccc(O)cc1. The minimum absolute atomic E-state index is 0.0467. The second-order valence-corrected chi connectivity index (χ2v) is 10.5. The molecule has 0 saturated carbocycles. The summed E-state index contributed by atoms with van der Waals surface area (Å²) in [5.41, 5.74) is 0.351. The van der Waals surface area contributed by atoms with Crippen LogP contribution in [0.4, 0.5) is 10.5 Å². The summed E-state index contributed by atoms with van der Waals surface area (Å²) in [5.74, 6) is -0.143. The van der Waals surface area contributed by atoms with E-state index < -0.39 is 35.6 Å². The monoisotopic (exact) mass is 541 g/mol. The molecule has 0 saturated heterocycles. The summed E-state index contributed by atoms with van der Waals surface area (Å²) >= 11 is 0. The van der Waals surface area contributed by atoms with Gasteiger partial charge in [0, 0.05) is 12.2 Å². The van der Waals surface area contributed by atoms with Gasteiger partial charge in [0.25, 0.3) is 5.91 Å². The molecule has 9 nitrogen and oxygen atoms in total. The average molecular weight is 542 g/mol. The van der Waals surface area contributed by atoms with Crippen LogP contribution in [-0.4, -0.2) is 53.2 Å². The number of nitrogens with zero attached hydrogens (tertiary/aromatic N) is 1. The lowest BCUT2D eigenvalue weighted by atomic mass is 10.0. The molecule has 2 unspecified atom stereocenters. The van der Waals surface area contributed by atoms with E-state index >= 15 is 0 Å². The first-order chi connectivity index (χ1) is 18.4. The van der Waals surface area contributed by atoms with Gasteiger partial charge in [0.05, 0.1) is 7.11 Å². The van der Waals surface area contributed by atoms with Crippen molar-refractivity contribution < 1.29 is 29.0 Å². The number of methoxy groups -OCH3 is 1. The molecule has 0 radical (unpaired) electrons. The number of benzene rings is 2. The number of hydrogen-bond donors (Lipinski definition) is 3. The zero-order valence-electron chi connectivity index (χ0n) is 24.0. The number of nitrogens with one attached hydrogen (secondary N) is 2. The number of alkyl carbamates (subject to hydrolysis) is 1. The number of unbranched alkanes of at least 4 members (excludes halogenated alkanes) is 4. The lowest BCUT2D eigenvalue weighted by Gasteiger charge is -2.33.